The van der Waals surface area contributed by atoms with Gasteiger partial charge in [-0.15, -0.1) is 0 Å². The highest BCUT2D eigenvalue weighted by molar-refractivity contribution is 6.32. The predicted octanol–water partition coefficient (Wildman–Crippen LogP) is 4.10. The molecule has 0 spiro atoms. The van der Waals surface area contributed by atoms with Crippen LogP contribution in [0.25, 0.3) is 17.0 Å². The molecular weight excluding hydrogens is 354 g/mol. The van der Waals surface area contributed by atoms with E-state index in [1.54, 1.807) is 0 Å². The van der Waals surface area contributed by atoms with Crippen molar-refractivity contribution in [3.05, 3.63) is 81.0 Å². The summed E-state index contributed by atoms with van der Waals surface area (Å²) >= 11 is 6.00. The molecule has 1 heterocycles. The number of aromatic nitrogens is 1. The fourth-order valence-corrected chi connectivity index (χ4v) is 2.84. The number of aromatic amines is 1. The van der Waals surface area contributed by atoms with E-state index in [1.807, 2.05) is 30.5 Å². The van der Waals surface area contributed by atoms with Crippen molar-refractivity contribution in [1.82, 2.24) is 10.3 Å². The molecule has 0 fully saturated rings. The van der Waals surface area contributed by atoms with Crippen molar-refractivity contribution < 1.29 is 9.72 Å². The normalized spacial score (nSPS) is 11.1. The number of nitrogens with zero attached hydrogens (tertiary/aromatic N) is 1. The van der Waals surface area contributed by atoms with Crippen molar-refractivity contribution in [2.45, 2.75) is 6.42 Å². The minimum atomic E-state index is -0.505. The molecule has 26 heavy (non-hydrogen) atoms. The van der Waals surface area contributed by atoms with E-state index in [0.717, 1.165) is 16.5 Å². The number of carbonyl (C=O) groups excluding carboxylic acids is 1. The first-order chi connectivity index (χ1) is 12.5. The lowest BCUT2D eigenvalue weighted by atomic mass is 10.1. The van der Waals surface area contributed by atoms with Crippen molar-refractivity contribution in [3.63, 3.8) is 0 Å². The molecule has 0 saturated heterocycles. The topological polar surface area (TPSA) is 88.0 Å². The third-order valence-electron chi connectivity index (χ3n) is 3.97. The Labute approximate surface area is 154 Å². The number of nitrogens with one attached hydrogen (secondary N) is 2. The van der Waals surface area contributed by atoms with E-state index < -0.39 is 4.92 Å². The number of hydrogen-bond acceptors (Lipinski definition) is 3. The van der Waals surface area contributed by atoms with Gasteiger partial charge < -0.3 is 10.3 Å². The Morgan fingerprint density at radius 2 is 2.08 bits per heavy atom. The maximum absolute atomic E-state index is 12.0. The van der Waals surface area contributed by atoms with Crippen LogP contribution in [0.2, 0.25) is 5.02 Å². The van der Waals surface area contributed by atoms with Gasteiger partial charge in [0.15, 0.2) is 0 Å². The molecule has 0 unspecified atom stereocenters. The molecule has 0 bridgehead atoms. The molecule has 1 aromatic heterocycles. The minimum Gasteiger partial charge on any atom is -0.361 e. The molecule has 2 N–H and O–H groups in total. The minimum absolute atomic E-state index is 0.0752. The zero-order chi connectivity index (χ0) is 18.5. The van der Waals surface area contributed by atoms with Crippen LogP contribution in [0.4, 0.5) is 5.69 Å². The number of carbonyl (C=O) groups is 1. The van der Waals surface area contributed by atoms with Crippen LogP contribution in [0.1, 0.15) is 11.1 Å². The van der Waals surface area contributed by atoms with Gasteiger partial charge in [-0.2, -0.15) is 0 Å². The second-order valence-electron chi connectivity index (χ2n) is 5.70. The summed E-state index contributed by atoms with van der Waals surface area (Å²) in [4.78, 5) is 25.5. The molecule has 7 heteroatoms. The van der Waals surface area contributed by atoms with Gasteiger partial charge in [-0.1, -0.05) is 29.8 Å². The lowest BCUT2D eigenvalue weighted by molar-refractivity contribution is -0.384. The summed E-state index contributed by atoms with van der Waals surface area (Å²) < 4.78 is 0. The number of nitro groups is 1. The highest BCUT2D eigenvalue weighted by Crippen LogP contribution is 2.23. The second kappa shape index (κ2) is 7.84. The van der Waals surface area contributed by atoms with Crippen LogP contribution in [0.15, 0.2) is 54.7 Å². The number of hydrogen-bond donors (Lipinski definition) is 2. The molecule has 132 valence electrons. The third-order valence-corrected chi connectivity index (χ3v) is 4.32. The van der Waals surface area contributed by atoms with Gasteiger partial charge in [-0.3, -0.25) is 14.9 Å². The number of para-hydroxylation sites is 1. The SMILES string of the molecule is O=C(/C=C/c1cc([N+](=O)[O-])ccc1Cl)NCCc1c[nH]c2ccccc12. The average Bonchev–Trinajstić information content (AvgIpc) is 3.04. The van der Waals surface area contributed by atoms with E-state index in [9.17, 15) is 14.9 Å². The fourth-order valence-electron chi connectivity index (χ4n) is 2.66. The highest BCUT2D eigenvalue weighted by atomic mass is 35.5. The molecule has 0 atom stereocenters. The molecule has 0 saturated carbocycles. The summed E-state index contributed by atoms with van der Waals surface area (Å²) in [5, 5.41) is 15.1. The van der Waals surface area contributed by atoms with E-state index in [0.29, 0.717) is 23.6 Å². The maximum Gasteiger partial charge on any atom is 0.270 e. The molecule has 3 rings (SSSR count). The van der Waals surface area contributed by atoms with Crippen LogP contribution in [-0.2, 0) is 11.2 Å². The van der Waals surface area contributed by atoms with Crippen molar-refractivity contribution in [2.24, 2.45) is 0 Å². The number of fused-ring (bicyclic) bond motifs is 1. The number of halogens is 1. The first-order valence-electron chi connectivity index (χ1n) is 7.99. The van der Waals surface area contributed by atoms with Gasteiger partial charge in [0.2, 0.25) is 5.91 Å². The van der Waals surface area contributed by atoms with Crippen molar-refractivity contribution >= 4 is 40.2 Å². The van der Waals surface area contributed by atoms with Crippen LogP contribution < -0.4 is 5.32 Å². The smallest absolute Gasteiger partial charge is 0.270 e. The molecular formula is C19H16ClN3O3. The number of benzene rings is 2. The number of nitro benzene ring substituents is 1. The van der Waals surface area contributed by atoms with Gasteiger partial charge in [0.25, 0.3) is 5.69 Å². The summed E-state index contributed by atoms with van der Waals surface area (Å²) in [5.41, 5.74) is 2.54. The largest absolute Gasteiger partial charge is 0.361 e. The Hall–Kier alpha value is -3.12. The molecule has 1 amide bonds. The molecule has 0 radical (unpaired) electrons. The van der Waals surface area contributed by atoms with E-state index in [-0.39, 0.29) is 11.6 Å². The van der Waals surface area contributed by atoms with E-state index in [4.69, 9.17) is 11.6 Å². The van der Waals surface area contributed by atoms with Crippen molar-refractivity contribution in [3.8, 4) is 0 Å². The van der Waals surface area contributed by atoms with Crippen LogP contribution in [0, 0.1) is 10.1 Å². The lowest BCUT2D eigenvalue weighted by Crippen LogP contribution is -2.23. The Morgan fingerprint density at radius 3 is 2.88 bits per heavy atom. The van der Waals surface area contributed by atoms with Crippen molar-refractivity contribution in [1.29, 1.82) is 0 Å². The molecule has 3 aromatic rings. The predicted molar refractivity (Wildman–Crippen MR) is 102 cm³/mol. The number of rotatable bonds is 6. The monoisotopic (exact) mass is 369 g/mol. The second-order valence-corrected chi connectivity index (χ2v) is 6.10. The van der Waals surface area contributed by atoms with Gasteiger partial charge >= 0.3 is 0 Å². The third kappa shape index (κ3) is 4.10. The van der Waals surface area contributed by atoms with Crippen LogP contribution in [-0.4, -0.2) is 22.4 Å². The maximum atomic E-state index is 12.0. The summed E-state index contributed by atoms with van der Waals surface area (Å²) in [6, 6.07) is 12.1. The van der Waals surface area contributed by atoms with Gasteiger partial charge in [0, 0.05) is 52.4 Å². The van der Waals surface area contributed by atoms with Crippen LogP contribution in [0.5, 0.6) is 0 Å². The molecule has 6 nitrogen and oxygen atoms in total. The highest BCUT2D eigenvalue weighted by Gasteiger charge is 2.08. The molecule has 2 aromatic carbocycles. The van der Waals surface area contributed by atoms with E-state index >= 15 is 0 Å². The molecule has 0 aliphatic rings. The summed E-state index contributed by atoms with van der Waals surface area (Å²) in [7, 11) is 0. The molecule has 0 aliphatic heterocycles. The van der Waals surface area contributed by atoms with Crippen molar-refractivity contribution in [2.75, 3.05) is 6.54 Å². The number of H-pyrrole nitrogens is 1. The zero-order valence-electron chi connectivity index (χ0n) is 13.7. The zero-order valence-corrected chi connectivity index (χ0v) is 14.5. The van der Waals surface area contributed by atoms with Crippen LogP contribution >= 0.6 is 11.6 Å². The fraction of sp³-hybridized carbons (Fsp3) is 0.105. The Kier molecular flexibility index (Phi) is 5.34. The van der Waals surface area contributed by atoms with Gasteiger partial charge in [-0.25, -0.2) is 0 Å². The summed E-state index contributed by atoms with van der Waals surface area (Å²) in [6.07, 6.45) is 5.42. The number of non-ortho nitro benzene ring substituents is 1. The first kappa shape index (κ1) is 17.7. The molecule has 0 aliphatic carbocycles. The first-order valence-corrected chi connectivity index (χ1v) is 8.37. The van der Waals surface area contributed by atoms with Gasteiger partial charge in [-0.05, 0) is 30.2 Å². The Morgan fingerprint density at radius 1 is 1.27 bits per heavy atom. The summed E-state index contributed by atoms with van der Waals surface area (Å²) in [5.74, 6) is -0.285. The van der Waals surface area contributed by atoms with E-state index in [1.165, 1.54) is 30.4 Å². The quantitative estimate of drug-likeness (QED) is 0.389. The van der Waals surface area contributed by atoms with Gasteiger partial charge in [0.05, 0.1) is 4.92 Å². The lowest BCUT2D eigenvalue weighted by Gasteiger charge is -2.02. The van der Waals surface area contributed by atoms with Crippen LogP contribution in [0.3, 0.4) is 0 Å². The van der Waals surface area contributed by atoms with Gasteiger partial charge in [0.1, 0.15) is 0 Å². The summed E-state index contributed by atoms with van der Waals surface area (Å²) in [6.45, 7) is 0.480. The number of amides is 1. The standard InChI is InChI=1S/C19H16ClN3O3/c20-17-7-6-15(23(25)26)11-13(17)5-8-19(24)21-10-9-14-12-22-18-4-2-1-3-16(14)18/h1-8,11-12,22H,9-10H2,(H,21,24)/b8-5+. The Bertz CT molecular complexity index is 995. The average molecular weight is 370 g/mol. The van der Waals surface area contributed by atoms with E-state index in [2.05, 4.69) is 10.3 Å². The Balaban J connectivity index is 1.58.